The number of likely N-dealkylation sites (N-methyl/N-ethyl adjacent to an activating group) is 1. The van der Waals surface area contributed by atoms with E-state index in [1.807, 2.05) is 11.9 Å². The van der Waals surface area contributed by atoms with E-state index in [9.17, 15) is 13.2 Å². The van der Waals surface area contributed by atoms with Gasteiger partial charge >= 0.3 is 6.18 Å². The second-order valence-electron chi connectivity index (χ2n) is 4.52. The Kier molecular flexibility index (Phi) is 6.09. The highest BCUT2D eigenvalue weighted by molar-refractivity contribution is 5.58. The maximum absolute atomic E-state index is 12.7. The van der Waals surface area contributed by atoms with Crippen LogP contribution in [0.15, 0.2) is 18.2 Å². The van der Waals surface area contributed by atoms with Gasteiger partial charge in [-0.05, 0) is 25.2 Å². The van der Waals surface area contributed by atoms with Crippen LogP contribution in [0.4, 0.5) is 24.5 Å². The Hall–Kier alpha value is -1.47. The Bertz CT molecular complexity index is 424. The number of alkyl halides is 3. The lowest BCUT2D eigenvalue weighted by molar-refractivity contribution is -0.136. The Morgan fingerprint density at radius 2 is 2.00 bits per heavy atom. The van der Waals surface area contributed by atoms with Crippen molar-refractivity contribution in [2.75, 3.05) is 51.4 Å². The summed E-state index contributed by atoms with van der Waals surface area (Å²) >= 11 is 0. The number of halogens is 3. The monoisotopic (exact) mass is 291 g/mol. The predicted octanol–water partition coefficient (Wildman–Crippen LogP) is 2.28. The fraction of sp³-hybridized carbons (Fsp3) is 0.538. The smallest absolute Gasteiger partial charge is 0.398 e. The minimum atomic E-state index is -4.43. The lowest BCUT2D eigenvalue weighted by atomic mass is 10.1. The van der Waals surface area contributed by atoms with Gasteiger partial charge in [0.15, 0.2) is 0 Å². The number of nitrogen functional groups attached to an aromatic ring is 1. The summed E-state index contributed by atoms with van der Waals surface area (Å²) in [4.78, 5) is 2.03. The lowest BCUT2D eigenvalue weighted by Gasteiger charge is -2.17. The summed E-state index contributed by atoms with van der Waals surface area (Å²) in [5.74, 6) is 0. The number of rotatable bonds is 7. The average Bonchev–Trinajstić information content (AvgIpc) is 2.37. The van der Waals surface area contributed by atoms with Crippen LogP contribution >= 0.6 is 0 Å². The van der Waals surface area contributed by atoms with E-state index in [1.54, 1.807) is 13.2 Å². The van der Waals surface area contributed by atoms with E-state index in [1.165, 1.54) is 6.07 Å². The second kappa shape index (κ2) is 7.35. The van der Waals surface area contributed by atoms with Gasteiger partial charge in [0.05, 0.1) is 12.2 Å². The topological polar surface area (TPSA) is 50.5 Å². The average molecular weight is 291 g/mol. The van der Waals surface area contributed by atoms with Gasteiger partial charge in [-0.1, -0.05) is 0 Å². The predicted molar refractivity (Wildman–Crippen MR) is 73.7 cm³/mol. The Labute approximate surface area is 116 Å². The zero-order chi connectivity index (χ0) is 15.2. The van der Waals surface area contributed by atoms with Crippen molar-refractivity contribution in [3.05, 3.63) is 23.8 Å². The lowest BCUT2D eigenvalue weighted by Crippen LogP contribution is -2.28. The molecule has 7 heteroatoms. The van der Waals surface area contributed by atoms with E-state index >= 15 is 0 Å². The number of hydrogen-bond acceptors (Lipinski definition) is 4. The zero-order valence-corrected chi connectivity index (χ0v) is 11.6. The van der Waals surface area contributed by atoms with Gasteiger partial charge in [-0.15, -0.1) is 0 Å². The highest BCUT2D eigenvalue weighted by Crippen LogP contribution is 2.34. The van der Waals surface area contributed by atoms with Gasteiger partial charge in [0.25, 0.3) is 0 Å². The summed E-state index contributed by atoms with van der Waals surface area (Å²) < 4.78 is 43.0. The molecule has 1 rings (SSSR count). The van der Waals surface area contributed by atoms with Crippen LogP contribution in [-0.4, -0.2) is 45.3 Å². The van der Waals surface area contributed by atoms with E-state index in [4.69, 9.17) is 10.5 Å². The van der Waals surface area contributed by atoms with Crippen molar-refractivity contribution in [1.29, 1.82) is 0 Å². The van der Waals surface area contributed by atoms with Gasteiger partial charge in [-0.2, -0.15) is 13.2 Å². The van der Waals surface area contributed by atoms with Gasteiger partial charge in [-0.25, -0.2) is 0 Å². The summed E-state index contributed by atoms with van der Waals surface area (Å²) in [7, 11) is 3.55. The van der Waals surface area contributed by atoms with Gasteiger partial charge in [0.1, 0.15) is 0 Å². The molecule has 20 heavy (non-hydrogen) atoms. The molecule has 4 nitrogen and oxygen atoms in total. The molecule has 0 heterocycles. The van der Waals surface area contributed by atoms with Crippen LogP contribution in [0.5, 0.6) is 0 Å². The minimum Gasteiger partial charge on any atom is -0.398 e. The number of methoxy groups -OCH3 is 1. The molecule has 0 amide bonds. The van der Waals surface area contributed by atoms with Crippen molar-refractivity contribution < 1.29 is 17.9 Å². The van der Waals surface area contributed by atoms with Crippen LogP contribution in [0.1, 0.15) is 5.56 Å². The Balaban J connectivity index is 2.53. The molecule has 0 unspecified atom stereocenters. The molecule has 0 atom stereocenters. The highest BCUT2D eigenvalue weighted by atomic mass is 19.4. The molecule has 0 saturated carbocycles. The summed E-state index contributed by atoms with van der Waals surface area (Å²) in [6.07, 6.45) is -4.43. The molecule has 0 aliphatic rings. The fourth-order valence-corrected chi connectivity index (χ4v) is 1.66. The van der Waals surface area contributed by atoms with E-state index in [0.717, 1.165) is 12.6 Å². The van der Waals surface area contributed by atoms with Gasteiger partial charge in [-0.3, -0.25) is 0 Å². The molecular weight excluding hydrogens is 271 g/mol. The molecule has 0 aromatic heterocycles. The first-order valence-electron chi connectivity index (χ1n) is 6.22. The number of nitrogens with one attached hydrogen (secondary N) is 1. The third-order valence-corrected chi connectivity index (χ3v) is 2.86. The molecule has 0 saturated heterocycles. The molecule has 0 radical (unpaired) electrons. The SMILES string of the molecule is COCCN(C)CCNc1ccc(N)c(C(F)(F)F)c1. The number of ether oxygens (including phenoxy) is 1. The number of hydrogen-bond donors (Lipinski definition) is 2. The van der Waals surface area contributed by atoms with Gasteiger partial charge < -0.3 is 20.7 Å². The second-order valence-corrected chi connectivity index (χ2v) is 4.52. The van der Waals surface area contributed by atoms with E-state index < -0.39 is 11.7 Å². The summed E-state index contributed by atoms with van der Waals surface area (Å²) in [6, 6.07) is 3.84. The molecule has 1 aromatic carbocycles. The van der Waals surface area contributed by atoms with Gasteiger partial charge in [0.2, 0.25) is 0 Å². The van der Waals surface area contributed by atoms with Crippen molar-refractivity contribution in [2.45, 2.75) is 6.18 Å². The number of nitrogens with two attached hydrogens (primary N) is 1. The molecule has 0 bridgehead atoms. The molecule has 3 N–H and O–H groups in total. The first kappa shape index (κ1) is 16.6. The third-order valence-electron chi connectivity index (χ3n) is 2.86. The molecule has 0 aliphatic carbocycles. The van der Waals surface area contributed by atoms with E-state index in [0.29, 0.717) is 25.4 Å². The minimum absolute atomic E-state index is 0.264. The van der Waals surface area contributed by atoms with Crippen molar-refractivity contribution in [3.8, 4) is 0 Å². The molecule has 1 aromatic rings. The van der Waals surface area contributed by atoms with Crippen molar-refractivity contribution in [2.24, 2.45) is 0 Å². The molecule has 114 valence electrons. The number of nitrogens with zero attached hydrogens (tertiary/aromatic N) is 1. The van der Waals surface area contributed by atoms with Crippen LogP contribution in [-0.2, 0) is 10.9 Å². The van der Waals surface area contributed by atoms with E-state index in [2.05, 4.69) is 5.32 Å². The maximum atomic E-state index is 12.7. The first-order valence-corrected chi connectivity index (χ1v) is 6.22. The largest absolute Gasteiger partial charge is 0.418 e. The Morgan fingerprint density at radius 3 is 2.60 bits per heavy atom. The van der Waals surface area contributed by atoms with Gasteiger partial charge in [0, 0.05) is 38.1 Å². The summed E-state index contributed by atoms with van der Waals surface area (Å²) in [6.45, 7) is 2.64. The molecule has 0 fully saturated rings. The van der Waals surface area contributed by atoms with Crippen LogP contribution in [0, 0.1) is 0 Å². The van der Waals surface area contributed by atoms with Crippen LogP contribution < -0.4 is 11.1 Å². The standard InChI is InChI=1S/C13H20F3N3O/c1-19(7-8-20-2)6-5-18-10-3-4-12(17)11(9-10)13(14,15)16/h3-4,9,18H,5-8,17H2,1-2H3. The number of anilines is 2. The van der Waals surface area contributed by atoms with Crippen LogP contribution in [0.2, 0.25) is 0 Å². The first-order chi connectivity index (χ1) is 9.34. The summed E-state index contributed by atoms with van der Waals surface area (Å²) in [5, 5.41) is 2.95. The molecule has 0 aliphatic heterocycles. The molecule has 0 spiro atoms. The maximum Gasteiger partial charge on any atom is 0.418 e. The van der Waals surface area contributed by atoms with Crippen LogP contribution in [0.25, 0.3) is 0 Å². The highest BCUT2D eigenvalue weighted by Gasteiger charge is 2.33. The molecular formula is C13H20F3N3O. The van der Waals surface area contributed by atoms with Crippen LogP contribution in [0.3, 0.4) is 0 Å². The quantitative estimate of drug-likeness (QED) is 0.757. The van der Waals surface area contributed by atoms with E-state index in [-0.39, 0.29) is 5.69 Å². The normalized spacial score (nSPS) is 11.9. The summed E-state index contributed by atoms with van der Waals surface area (Å²) in [5.41, 5.74) is 4.67. The zero-order valence-electron chi connectivity index (χ0n) is 11.6. The van der Waals surface area contributed by atoms with Crippen molar-refractivity contribution >= 4 is 11.4 Å². The number of benzene rings is 1. The van der Waals surface area contributed by atoms with Crippen molar-refractivity contribution in [3.63, 3.8) is 0 Å². The van der Waals surface area contributed by atoms with Crippen molar-refractivity contribution in [1.82, 2.24) is 4.90 Å². The Morgan fingerprint density at radius 1 is 1.30 bits per heavy atom. The fourth-order valence-electron chi connectivity index (χ4n) is 1.66. The third kappa shape index (κ3) is 5.26.